The zero-order valence-corrected chi connectivity index (χ0v) is 15.1. The summed E-state index contributed by atoms with van der Waals surface area (Å²) in [6, 6.07) is 8.93. The first-order chi connectivity index (χ1) is 13.5. The maximum absolute atomic E-state index is 12.6. The molecule has 140 valence electrons. The molecular formula is C20H17N5O3. The SMILES string of the molecule is C#Cc1cn([C@@H](c2ccccc2)C2CN(C)C(=O)c3c(O)c(=O)cnn32)cn1. The number of rotatable bonds is 3. The number of aromatic nitrogens is 4. The third-order valence-corrected chi connectivity index (χ3v) is 4.89. The Morgan fingerprint density at radius 3 is 2.71 bits per heavy atom. The first-order valence-electron chi connectivity index (χ1n) is 8.62. The molecule has 3 heterocycles. The Hall–Kier alpha value is -3.86. The number of carbonyl (C=O) groups excluding carboxylic acids is 1. The zero-order valence-electron chi connectivity index (χ0n) is 15.1. The van der Waals surface area contributed by atoms with E-state index in [2.05, 4.69) is 16.0 Å². The van der Waals surface area contributed by atoms with Gasteiger partial charge in [-0.05, 0) is 11.5 Å². The third kappa shape index (κ3) is 2.74. The van der Waals surface area contributed by atoms with Crippen LogP contribution in [0.25, 0.3) is 0 Å². The molecule has 0 saturated carbocycles. The number of hydrogen-bond acceptors (Lipinski definition) is 5. The Bertz CT molecular complexity index is 1140. The summed E-state index contributed by atoms with van der Waals surface area (Å²) in [6.45, 7) is 0.324. The maximum Gasteiger partial charge on any atom is 0.275 e. The minimum Gasteiger partial charge on any atom is -0.502 e. The van der Waals surface area contributed by atoms with Crippen molar-refractivity contribution in [2.24, 2.45) is 0 Å². The van der Waals surface area contributed by atoms with E-state index in [4.69, 9.17) is 6.42 Å². The molecule has 0 fully saturated rings. The molecule has 0 radical (unpaired) electrons. The molecule has 0 saturated heterocycles. The van der Waals surface area contributed by atoms with Crippen molar-refractivity contribution in [3.63, 3.8) is 0 Å². The lowest BCUT2D eigenvalue weighted by molar-refractivity contribution is 0.0671. The van der Waals surface area contributed by atoms with Crippen LogP contribution in [0.4, 0.5) is 0 Å². The van der Waals surface area contributed by atoms with Gasteiger partial charge in [-0.25, -0.2) is 9.67 Å². The van der Waals surface area contributed by atoms with Crippen molar-refractivity contribution in [2.45, 2.75) is 12.1 Å². The van der Waals surface area contributed by atoms with Crippen LogP contribution in [-0.4, -0.2) is 48.8 Å². The number of aromatic hydroxyl groups is 1. The molecule has 1 unspecified atom stereocenters. The molecule has 28 heavy (non-hydrogen) atoms. The van der Waals surface area contributed by atoms with Crippen LogP contribution < -0.4 is 5.43 Å². The number of nitrogens with zero attached hydrogens (tertiary/aromatic N) is 5. The predicted molar refractivity (Wildman–Crippen MR) is 101 cm³/mol. The number of benzene rings is 1. The number of terminal acetylenes is 1. The van der Waals surface area contributed by atoms with Crippen molar-refractivity contribution in [1.29, 1.82) is 0 Å². The van der Waals surface area contributed by atoms with Crippen molar-refractivity contribution >= 4 is 5.91 Å². The fraction of sp³-hybridized carbons (Fsp3) is 0.200. The van der Waals surface area contributed by atoms with Gasteiger partial charge in [-0.2, -0.15) is 5.10 Å². The zero-order chi connectivity index (χ0) is 19.8. The fourth-order valence-electron chi connectivity index (χ4n) is 3.57. The summed E-state index contributed by atoms with van der Waals surface area (Å²) in [5.74, 6) is 1.45. The number of imidazole rings is 1. The third-order valence-electron chi connectivity index (χ3n) is 4.89. The van der Waals surface area contributed by atoms with Gasteiger partial charge in [0.05, 0.1) is 24.6 Å². The quantitative estimate of drug-likeness (QED) is 0.691. The summed E-state index contributed by atoms with van der Waals surface area (Å²) >= 11 is 0. The summed E-state index contributed by atoms with van der Waals surface area (Å²) < 4.78 is 3.28. The molecule has 4 rings (SSSR count). The van der Waals surface area contributed by atoms with E-state index in [1.165, 1.54) is 9.58 Å². The molecule has 0 bridgehead atoms. The van der Waals surface area contributed by atoms with Gasteiger partial charge in [0.2, 0.25) is 5.43 Å². The summed E-state index contributed by atoms with van der Waals surface area (Å²) in [7, 11) is 1.62. The largest absolute Gasteiger partial charge is 0.502 e. The van der Waals surface area contributed by atoms with Gasteiger partial charge in [-0.1, -0.05) is 30.3 Å². The molecule has 1 aliphatic heterocycles. The highest BCUT2D eigenvalue weighted by Crippen LogP contribution is 2.35. The van der Waals surface area contributed by atoms with E-state index in [1.807, 2.05) is 34.9 Å². The molecule has 1 N–H and O–H groups in total. The van der Waals surface area contributed by atoms with E-state index < -0.39 is 23.1 Å². The molecular weight excluding hydrogens is 358 g/mol. The number of fused-ring (bicyclic) bond motifs is 1. The second kappa shape index (κ2) is 6.70. The topological polar surface area (TPSA) is 93.3 Å². The standard InChI is InChI=1S/C20H17N5O3/c1-3-14-10-24(12-21-14)17(13-7-5-4-6-8-13)15-11-23(2)20(28)18-19(27)16(26)9-22-25(15)18/h1,4-10,12,15,17,27H,11H2,2H3/t15?,17-/m0/s1. The smallest absolute Gasteiger partial charge is 0.275 e. The molecule has 0 aliphatic carbocycles. The lowest BCUT2D eigenvalue weighted by atomic mass is 9.96. The molecule has 1 aliphatic rings. The van der Waals surface area contributed by atoms with Crippen LogP contribution in [0.1, 0.15) is 33.8 Å². The first-order valence-corrected chi connectivity index (χ1v) is 8.62. The second-order valence-corrected chi connectivity index (χ2v) is 6.61. The van der Waals surface area contributed by atoms with Gasteiger partial charge in [-0.3, -0.25) is 9.59 Å². The number of likely N-dealkylation sites (N-methyl/N-ethyl adjacent to an activating group) is 1. The molecule has 3 aromatic rings. The molecule has 1 aromatic carbocycles. The van der Waals surface area contributed by atoms with Crippen LogP contribution >= 0.6 is 0 Å². The van der Waals surface area contributed by atoms with Crippen LogP contribution in [0.15, 0.2) is 53.8 Å². The maximum atomic E-state index is 12.6. The minimum absolute atomic E-state index is 0.121. The average molecular weight is 375 g/mol. The van der Waals surface area contributed by atoms with Crippen LogP contribution in [-0.2, 0) is 0 Å². The Balaban J connectivity index is 1.94. The predicted octanol–water partition coefficient (Wildman–Crippen LogP) is 1.04. The number of carbonyl (C=O) groups is 1. The minimum atomic E-state index is -0.692. The van der Waals surface area contributed by atoms with E-state index >= 15 is 0 Å². The first kappa shape index (κ1) is 17.5. The lowest BCUT2D eigenvalue weighted by Gasteiger charge is -2.37. The van der Waals surface area contributed by atoms with E-state index in [-0.39, 0.29) is 11.7 Å². The van der Waals surface area contributed by atoms with Gasteiger partial charge >= 0.3 is 0 Å². The van der Waals surface area contributed by atoms with Crippen molar-refractivity contribution < 1.29 is 9.90 Å². The van der Waals surface area contributed by atoms with E-state index in [0.717, 1.165) is 11.8 Å². The van der Waals surface area contributed by atoms with E-state index in [9.17, 15) is 14.7 Å². The molecule has 8 heteroatoms. The highest BCUT2D eigenvalue weighted by molar-refractivity contribution is 5.95. The summed E-state index contributed by atoms with van der Waals surface area (Å²) in [6.07, 6.45) is 9.87. The molecule has 2 aromatic heterocycles. The van der Waals surface area contributed by atoms with Crippen molar-refractivity contribution in [3.8, 4) is 18.1 Å². The average Bonchev–Trinajstić information content (AvgIpc) is 3.18. The van der Waals surface area contributed by atoms with E-state index in [1.54, 1.807) is 19.6 Å². The summed E-state index contributed by atoms with van der Waals surface area (Å²) in [4.78, 5) is 30.2. The van der Waals surface area contributed by atoms with Gasteiger partial charge < -0.3 is 14.6 Å². The Labute approximate surface area is 160 Å². The number of hydrogen-bond donors (Lipinski definition) is 1. The highest BCUT2D eigenvalue weighted by Gasteiger charge is 2.38. The normalized spacial score (nSPS) is 17.1. The molecule has 0 spiro atoms. The Kier molecular flexibility index (Phi) is 4.20. The van der Waals surface area contributed by atoms with Gasteiger partial charge in [0, 0.05) is 19.8 Å². The summed E-state index contributed by atoms with van der Waals surface area (Å²) in [5, 5.41) is 14.4. The molecule has 1 amide bonds. The molecule has 2 atom stereocenters. The number of amides is 1. The fourth-order valence-corrected chi connectivity index (χ4v) is 3.57. The lowest BCUT2D eigenvalue weighted by Crippen LogP contribution is -2.46. The Morgan fingerprint density at radius 2 is 2.04 bits per heavy atom. The van der Waals surface area contributed by atoms with Crippen molar-refractivity contribution in [1.82, 2.24) is 24.2 Å². The van der Waals surface area contributed by atoms with Crippen LogP contribution in [0, 0.1) is 12.3 Å². The van der Waals surface area contributed by atoms with Crippen LogP contribution in [0.3, 0.4) is 0 Å². The van der Waals surface area contributed by atoms with Crippen molar-refractivity contribution in [3.05, 3.63) is 76.2 Å². The monoisotopic (exact) mass is 375 g/mol. The van der Waals surface area contributed by atoms with Crippen molar-refractivity contribution in [2.75, 3.05) is 13.6 Å². The van der Waals surface area contributed by atoms with Gasteiger partial charge in [0.1, 0.15) is 5.69 Å². The van der Waals surface area contributed by atoms with Gasteiger partial charge in [-0.15, -0.1) is 6.42 Å². The van der Waals surface area contributed by atoms with Crippen LogP contribution in [0.2, 0.25) is 0 Å². The van der Waals surface area contributed by atoms with Gasteiger partial charge in [0.15, 0.2) is 11.4 Å². The highest BCUT2D eigenvalue weighted by atomic mass is 16.3. The van der Waals surface area contributed by atoms with Gasteiger partial charge in [0.25, 0.3) is 5.91 Å². The van der Waals surface area contributed by atoms with Crippen LogP contribution in [0.5, 0.6) is 5.75 Å². The summed E-state index contributed by atoms with van der Waals surface area (Å²) in [5.41, 5.74) is 0.617. The molecule has 8 nitrogen and oxygen atoms in total. The second-order valence-electron chi connectivity index (χ2n) is 6.61. The van der Waals surface area contributed by atoms with E-state index in [0.29, 0.717) is 12.2 Å². The Morgan fingerprint density at radius 1 is 1.29 bits per heavy atom.